The molecule has 0 radical (unpaired) electrons. The Morgan fingerprint density at radius 3 is 2.38 bits per heavy atom. The zero-order valence-electron chi connectivity index (χ0n) is 21.4. The summed E-state index contributed by atoms with van der Waals surface area (Å²) in [6.45, 7) is 11.6. The van der Waals surface area contributed by atoms with Crippen molar-refractivity contribution >= 4 is 15.8 Å². The van der Waals surface area contributed by atoms with E-state index in [1.165, 1.54) is 6.92 Å². The molecule has 6 heteroatoms. The number of esters is 1. The standard InChI is InChI=1S/C28H40O5S/c1-20(17-19-33-23(4)29)12-10-13-22(3)26(30)27(25-21(2)14-11-18-28(25,5)6)34(31,32)24-15-8-7-9-16-24/h7-9,13,15-17,26-27,30H,10-12,14,18-19H2,1-6H3. The largest absolute Gasteiger partial charge is 0.462 e. The zero-order valence-corrected chi connectivity index (χ0v) is 22.2. The fourth-order valence-electron chi connectivity index (χ4n) is 4.80. The van der Waals surface area contributed by atoms with Crippen LogP contribution < -0.4 is 0 Å². The van der Waals surface area contributed by atoms with E-state index in [4.69, 9.17) is 4.74 Å². The Morgan fingerprint density at radius 2 is 1.79 bits per heavy atom. The van der Waals surface area contributed by atoms with Crippen molar-refractivity contribution in [1.82, 2.24) is 0 Å². The highest BCUT2D eigenvalue weighted by atomic mass is 32.2. The molecule has 1 aromatic carbocycles. The van der Waals surface area contributed by atoms with Gasteiger partial charge in [0.1, 0.15) is 11.9 Å². The minimum Gasteiger partial charge on any atom is -0.462 e. The van der Waals surface area contributed by atoms with E-state index < -0.39 is 21.2 Å². The Labute approximate surface area is 205 Å². The van der Waals surface area contributed by atoms with Crippen LogP contribution in [0, 0.1) is 5.41 Å². The van der Waals surface area contributed by atoms with Crippen molar-refractivity contribution < 1.29 is 23.1 Å². The molecule has 5 nitrogen and oxygen atoms in total. The molecule has 1 aromatic rings. The van der Waals surface area contributed by atoms with E-state index in [-0.39, 0.29) is 22.9 Å². The van der Waals surface area contributed by atoms with Gasteiger partial charge in [0.15, 0.2) is 9.84 Å². The lowest BCUT2D eigenvalue weighted by atomic mass is 9.70. The average molecular weight is 489 g/mol. The van der Waals surface area contributed by atoms with E-state index in [1.807, 2.05) is 32.9 Å². The van der Waals surface area contributed by atoms with Gasteiger partial charge in [-0.25, -0.2) is 8.42 Å². The zero-order chi connectivity index (χ0) is 25.5. The van der Waals surface area contributed by atoms with Crippen LogP contribution in [-0.2, 0) is 19.4 Å². The fraction of sp³-hybridized carbons (Fsp3) is 0.536. The fourth-order valence-corrected chi connectivity index (χ4v) is 7.01. The van der Waals surface area contributed by atoms with Gasteiger partial charge in [0, 0.05) is 6.92 Å². The first kappa shape index (κ1) is 28.1. The number of hydrogen-bond acceptors (Lipinski definition) is 5. The molecule has 0 aromatic heterocycles. The van der Waals surface area contributed by atoms with Crippen molar-refractivity contribution in [2.45, 2.75) is 89.9 Å². The Balaban J connectivity index is 2.38. The molecule has 0 amide bonds. The lowest BCUT2D eigenvalue weighted by molar-refractivity contribution is -0.139. The topological polar surface area (TPSA) is 80.7 Å². The Bertz CT molecular complexity index is 1050. The van der Waals surface area contributed by atoms with Gasteiger partial charge in [-0.05, 0) is 87.6 Å². The van der Waals surface area contributed by atoms with E-state index in [2.05, 4.69) is 13.8 Å². The first-order valence-electron chi connectivity index (χ1n) is 12.0. The molecule has 1 aliphatic rings. The van der Waals surface area contributed by atoms with Crippen LogP contribution >= 0.6 is 0 Å². The van der Waals surface area contributed by atoms with Gasteiger partial charge >= 0.3 is 5.97 Å². The summed E-state index contributed by atoms with van der Waals surface area (Å²) in [6, 6.07) is 8.45. The number of aliphatic hydroxyl groups is 1. The third kappa shape index (κ3) is 7.16. The molecule has 34 heavy (non-hydrogen) atoms. The minimum absolute atomic E-state index is 0.234. The molecule has 1 N–H and O–H groups in total. The molecule has 0 saturated heterocycles. The highest BCUT2D eigenvalue weighted by molar-refractivity contribution is 7.92. The van der Waals surface area contributed by atoms with Gasteiger partial charge in [-0.1, -0.05) is 49.3 Å². The molecule has 0 heterocycles. The number of benzene rings is 1. The molecule has 0 bridgehead atoms. The molecule has 0 spiro atoms. The summed E-state index contributed by atoms with van der Waals surface area (Å²) in [7, 11) is -3.82. The molecule has 2 rings (SSSR count). The number of aliphatic hydroxyl groups excluding tert-OH is 1. The predicted octanol–water partition coefficient (Wildman–Crippen LogP) is 5.95. The molecule has 188 valence electrons. The van der Waals surface area contributed by atoms with Crippen LogP contribution in [0.1, 0.15) is 73.6 Å². The van der Waals surface area contributed by atoms with Gasteiger partial charge in [0.25, 0.3) is 0 Å². The van der Waals surface area contributed by atoms with E-state index in [1.54, 1.807) is 30.3 Å². The summed E-state index contributed by atoms with van der Waals surface area (Å²) < 4.78 is 32.7. The molecule has 2 unspecified atom stereocenters. The number of rotatable bonds is 10. The number of ether oxygens (including phenoxy) is 1. The average Bonchev–Trinajstić information content (AvgIpc) is 2.75. The lowest BCUT2D eigenvalue weighted by Crippen LogP contribution is -2.42. The highest BCUT2D eigenvalue weighted by Gasteiger charge is 2.44. The predicted molar refractivity (Wildman–Crippen MR) is 137 cm³/mol. The normalized spacial score (nSPS) is 19.0. The van der Waals surface area contributed by atoms with Crippen molar-refractivity contribution in [2.75, 3.05) is 6.61 Å². The van der Waals surface area contributed by atoms with Crippen molar-refractivity contribution in [1.29, 1.82) is 0 Å². The molecule has 0 aliphatic heterocycles. The number of allylic oxidation sites excluding steroid dienone is 3. The van der Waals surface area contributed by atoms with Crippen molar-refractivity contribution in [3.05, 3.63) is 64.8 Å². The minimum atomic E-state index is -3.82. The smallest absolute Gasteiger partial charge is 0.302 e. The maximum absolute atomic E-state index is 13.9. The van der Waals surface area contributed by atoms with E-state index >= 15 is 0 Å². The van der Waals surface area contributed by atoms with Crippen LogP contribution in [0.4, 0.5) is 0 Å². The lowest BCUT2D eigenvalue weighted by Gasteiger charge is -2.40. The second-order valence-electron chi connectivity index (χ2n) is 9.99. The SMILES string of the molecule is CC(=O)OCC=C(C)CCC=C(C)C(O)C(C1=C(C)CCCC1(C)C)S(=O)(=O)c1ccccc1. The summed E-state index contributed by atoms with van der Waals surface area (Å²) >= 11 is 0. The second kappa shape index (κ2) is 12.0. The summed E-state index contributed by atoms with van der Waals surface area (Å²) in [5.74, 6) is -0.316. The first-order valence-corrected chi connectivity index (χ1v) is 13.6. The molecular formula is C28H40O5S. The quantitative estimate of drug-likeness (QED) is 0.325. The van der Waals surface area contributed by atoms with Gasteiger partial charge in [0.05, 0.1) is 11.0 Å². The van der Waals surface area contributed by atoms with Crippen LogP contribution in [-0.4, -0.2) is 37.5 Å². The summed E-state index contributed by atoms with van der Waals surface area (Å²) in [5.41, 5.74) is 3.32. The molecular weight excluding hydrogens is 448 g/mol. The second-order valence-corrected chi connectivity index (χ2v) is 12.1. The number of carbonyl (C=O) groups excluding carboxylic acids is 1. The van der Waals surface area contributed by atoms with Gasteiger partial charge in [-0.3, -0.25) is 4.79 Å². The van der Waals surface area contributed by atoms with Gasteiger partial charge in [-0.2, -0.15) is 0 Å². The van der Waals surface area contributed by atoms with Crippen LogP contribution in [0.15, 0.2) is 69.7 Å². The maximum Gasteiger partial charge on any atom is 0.302 e. The molecule has 0 fully saturated rings. The van der Waals surface area contributed by atoms with Crippen LogP contribution in [0.2, 0.25) is 0 Å². The molecule has 2 atom stereocenters. The highest BCUT2D eigenvalue weighted by Crippen LogP contribution is 2.46. The van der Waals surface area contributed by atoms with Crippen LogP contribution in [0.5, 0.6) is 0 Å². The van der Waals surface area contributed by atoms with Crippen LogP contribution in [0.3, 0.4) is 0 Å². The summed E-state index contributed by atoms with van der Waals surface area (Å²) in [5, 5.41) is 10.5. The number of sulfone groups is 1. The first-order chi connectivity index (χ1) is 15.9. The van der Waals surface area contributed by atoms with Crippen molar-refractivity contribution in [3.8, 4) is 0 Å². The third-order valence-corrected chi connectivity index (χ3v) is 8.80. The van der Waals surface area contributed by atoms with E-state index in [9.17, 15) is 18.3 Å². The van der Waals surface area contributed by atoms with Gasteiger partial charge in [0.2, 0.25) is 0 Å². The van der Waals surface area contributed by atoms with Gasteiger partial charge in [-0.15, -0.1) is 0 Å². The molecule has 0 saturated carbocycles. The Morgan fingerprint density at radius 1 is 1.15 bits per heavy atom. The monoisotopic (exact) mass is 488 g/mol. The van der Waals surface area contributed by atoms with Gasteiger partial charge < -0.3 is 9.84 Å². The number of hydrogen-bond donors (Lipinski definition) is 1. The van der Waals surface area contributed by atoms with E-state index in [0.29, 0.717) is 12.0 Å². The summed E-state index contributed by atoms with van der Waals surface area (Å²) in [4.78, 5) is 11.1. The Kier molecular flexibility index (Phi) is 9.89. The summed E-state index contributed by atoms with van der Waals surface area (Å²) in [6.07, 6.45) is 6.79. The Hall–Kier alpha value is -2.18. The number of carbonyl (C=O) groups is 1. The van der Waals surface area contributed by atoms with Crippen molar-refractivity contribution in [2.24, 2.45) is 5.41 Å². The van der Waals surface area contributed by atoms with E-state index in [0.717, 1.165) is 42.4 Å². The third-order valence-electron chi connectivity index (χ3n) is 6.71. The molecule has 1 aliphatic carbocycles. The maximum atomic E-state index is 13.9. The van der Waals surface area contributed by atoms with Crippen LogP contribution in [0.25, 0.3) is 0 Å². The van der Waals surface area contributed by atoms with Crippen molar-refractivity contribution in [3.63, 3.8) is 0 Å².